The van der Waals surface area contributed by atoms with Crippen molar-refractivity contribution in [3.63, 3.8) is 0 Å². The largest absolute Gasteiger partial charge is 0.344 e. The zero-order chi connectivity index (χ0) is 22.7. The summed E-state index contributed by atoms with van der Waals surface area (Å²) in [4.78, 5) is 27.5. The molecule has 2 aliphatic rings. The number of carbonyl (C=O) groups is 2. The molecule has 2 atom stereocenters. The van der Waals surface area contributed by atoms with Gasteiger partial charge in [-0.3, -0.25) is 9.59 Å². The van der Waals surface area contributed by atoms with E-state index in [2.05, 4.69) is 31.4 Å². The van der Waals surface area contributed by atoms with Crippen molar-refractivity contribution in [2.75, 3.05) is 5.32 Å². The van der Waals surface area contributed by atoms with Crippen LogP contribution in [0.1, 0.15) is 44.7 Å². The molecule has 2 heterocycles. The number of hydrazone groups is 2. The number of amidine groups is 1. The molecule has 0 bridgehead atoms. The molecule has 0 spiro atoms. The van der Waals surface area contributed by atoms with E-state index in [9.17, 15) is 9.59 Å². The fraction of sp³-hybridized carbons (Fsp3) is 0.292. The molecule has 2 aliphatic heterocycles. The van der Waals surface area contributed by atoms with Crippen LogP contribution in [-0.4, -0.2) is 29.1 Å². The van der Waals surface area contributed by atoms with E-state index in [4.69, 9.17) is 0 Å². The molecule has 0 saturated carbocycles. The SMILES string of the molecule is CC(=Nc1ccc(C2=NNC(=O)CC2C)cc1)Nc1ccc(C2=NNC(=O)CC2C)cc1. The van der Waals surface area contributed by atoms with Gasteiger partial charge in [-0.15, -0.1) is 0 Å². The number of anilines is 1. The van der Waals surface area contributed by atoms with E-state index in [1.165, 1.54) is 0 Å². The Balaban J connectivity index is 1.41. The third-order valence-corrected chi connectivity index (χ3v) is 5.48. The van der Waals surface area contributed by atoms with E-state index >= 15 is 0 Å². The van der Waals surface area contributed by atoms with Crippen LogP contribution in [0.25, 0.3) is 0 Å². The molecule has 0 radical (unpaired) electrons. The highest BCUT2D eigenvalue weighted by atomic mass is 16.2. The molecule has 2 unspecified atom stereocenters. The molecule has 0 fully saturated rings. The number of hydrogen-bond acceptors (Lipinski definition) is 5. The lowest BCUT2D eigenvalue weighted by molar-refractivity contribution is -0.122. The quantitative estimate of drug-likeness (QED) is 0.510. The summed E-state index contributed by atoms with van der Waals surface area (Å²) in [6.07, 6.45) is 0.895. The van der Waals surface area contributed by atoms with Gasteiger partial charge in [0.15, 0.2) is 0 Å². The Morgan fingerprint density at radius 2 is 1.31 bits per heavy atom. The predicted molar refractivity (Wildman–Crippen MR) is 126 cm³/mol. The van der Waals surface area contributed by atoms with Gasteiger partial charge in [0.05, 0.1) is 17.1 Å². The number of hydrogen-bond donors (Lipinski definition) is 3. The molecule has 8 heteroatoms. The van der Waals surface area contributed by atoms with Crippen molar-refractivity contribution in [2.24, 2.45) is 27.0 Å². The van der Waals surface area contributed by atoms with Crippen LogP contribution in [0.2, 0.25) is 0 Å². The number of aliphatic imine (C=N–C) groups is 1. The zero-order valence-corrected chi connectivity index (χ0v) is 18.3. The van der Waals surface area contributed by atoms with Crippen molar-refractivity contribution in [1.82, 2.24) is 10.9 Å². The average Bonchev–Trinajstić information content (AvgIpc) is 2.75. The molecule has 4 rings (SSSR count). The first-order chi connectivity index (χ1) is 15.4. The topological polar surface area (TPSA) is 107 Å². The number of nitrogens with one attached hydrogen (secondary N) is 3. The number of nitrogens with zero attached hydrogens (tertiary/aromatic N) is 3. The van der Waals surface area contributed by atoms with Gasteiger partial charge in [0.1, 0.15) is 5.84 Å². The Hall–Kier alpha value is -3.81. The van der Waals surface area contributed by atoms with Crippen LogP contribution in [0, 0.1) is 11.8 Å². The third kappa shape index (κ3) is 4.91. The summed E-state index contributed by atoms with van der Waals surface area (Å²) in [5.74, 6) is 0.838. The molecule has 164 valence electrons. The maximum Gasteiger partial charge on any atom is 0.240 e. The van der Waals surface area contributed by atoms with Gasteiger partial charge in [0.2, 0.25) is 11.8 Å². The summed E-state index contributed by atoms with van der Waals surface area (Å²) < 4.78 is 0. The van der Waals surface area contributed by atoms with Crippen molar-refractivity contribution in [3.8, 4) is 0 Å². The highest BCUT2D eigenvalue weighted by Crippen LogP contribution is 2.21. The van der Waals surface area contributed by atoms with Gasteiger partial charge < -0.3 is 5.32 Å². The fourth-order valence-corrected chi connectivity index (χ4v) is 3.87. The maximum atomic E-state index is 11.4. The predicted octanol–water partition coefficient (Wildman–Crippen LogP) is 3.57. The second kappa shape index (κ2) is 9.13. The standard InChI is InChI=1S/C24H26N6O2/c1-14-12-21(31)27-29-23(14)17-4-8-19(9-5-17)25-16(3)26-20-10-6-18(7-11-20)24-15(2)13-22(32)28-30-24/h4-11,14-15H,12-13H2,1-3H3,(H,25,26)(H,27,31)(H,28,32). The first kappa shape index (κ1) is 21.4. The van der Waals surface area contributed by atoms with Gasteiger partial charge in [-0.2, -0.15) is 10.2 Å². The summed E-state index contributed by atoms with van der Waals surface area (Å²) in [5.41, 5.74) is 10.6. The van der Waals surface area contributed by atoms with Gasteiger partial charge in [-0.25, -0.2) is 15.8 Å². The van der Waals surface area contributed by atoms with Crippen molar-refractivity contribution in [1.29, 1.82) is 0 Å². The number of rotatable bonds is 4. The molecule has 0 aromatic heterocycles. The van der Waals surface area contributed by atoms with E-state index in [1.807, 2.05) is 69.3 Å². The van der Waals surface area contributed by atoms with Gasteiger partial charge >= 0.3 is 0 Å². The summed E-state index contributed by atoms with van der Waals surface area (Å²) >= 11 is 0. The van der Waals surface area contributed by atoms with Gasteiger partial charge in [0.25, 0.3) is 0 Å². The minimum atomic E-state index is -0.0507. The van der Waals surface area contributed by atoms with Crippen molar-refractivity contribution < 1.29 is 9.59 Å². The van der Waals surface area contributed by atoms with E-state index in [0.717, 1.165) is 39.8 Å². The second-order valence-corrected chi connectivity index (χ2v) is 8.22. The van der Waals surface area contributed by atoms with E-state index in [0.29, 0.717) is 12.8 Å². The van der Waals surface area contributed by atoms with Crippen molar-refractivity contribution >= 4 is 40.4 Å². The maximum absolute atomic E-state index is 11.4. The highest BCUT2D eigenvalue weighted by Gasteiger charge is 2.22. The molecule has 32 heavy (non-hydrogen) atoms. The minimum Gasteiger partial charge on any atom is -0.344 e. The molecular weight excluding hydrogens is 404 g/mol. The molecular formula is C24H26N6O2. The van der Waals surface area contributed by atoms with Crippen LogP contribution >= 0.6 is 0 Å². The highest BCUT2D eigenvalue weighted by molar-refractivity contribution is 6.07. The van der Waals surface area contributed by atoms with E-state index in [-0.39, 0.29) is 23.7 Å². The second-order valence-electron chi connectivity index (χ2n) is 8.22. The third-order valence-electron chi connectivity index (χ3n) is 5.48. The lowest BCUT2D eigenvalue weighted by atomic mass is 9.94. The molecule has 2 amide bonds. The zero-order valence-electron chi connectivity index (χ0n) is 18.3. The van der Waals surface area contributed by atoms with Crippen LogP contribution in [-0.2, 0) is 9.59 Å². The minimum absolute atomic E-state index is 0.0487. The Morgan fingerprint density at radius 3 is 1.78 bits per heavy atom. The first-order valence-electron chi connectivity index (χ1n) is 10.6. The Labute approximate surface area is 186 Å². The van der Waals surface area contributed by atoms with E-state index < -0.39 is 0 Å². The molecule has 2 aromatic rings. The monoisotopic (exact) mass is 430 g/mol. The number of amides is 2. The van der Waals surface area contributed by atoms with Gasteiger partial charge in [-0.05, 0) is 42.3 Å². The Morgan fingerprint density at radius 1 is 0.844 bits per heavy atom. The average molecular weight is 431 g/mol. The summed E-state index contributed by atoms with van der Waals surface area (Å²) in [5, 5.41) is 11.7. The Kier molecular flexibility index (Phi) is 6.11. The van der Waals surface area contributed by atoms with Crippen LogP contribution in [0.4, 0.5) is 11.4 Å². The Bertz CT molecular complexity index is 1120. The van der Waals surface area contributed by atoms with E-state index in [1.54, 1.807) is 0 Å². The molecule has 2 aromatic carbocycles. The van der Waals surface area contributed by atoms with Crippen LogP contribution in [0.5, 0.6) is 0 Å². The molecule has 3 N–H and O–H groups in total. The molecule has 8 nitrogen and oxygen atoms in total. The van der Waals surface area contributed by atoms with Crippen molar-refractivity contribution in [3.05, 3.63) is 59.7 Å². The van der Waals surface area contributed by atoms with Gasteiger partial charge in [0, 0.05) is 30.4 Å². The molecule has 0 saturated heterocycles. The van der Waals surface area contributed by atoms with Crippen LogP contribution in [0.15, 0.2) is 63.7 Å². The normalized spacial score (nSPS) is 21.3. The summed E-state index contributed by atoms with van der Waals surface area (Å²) in [7, 11) is 0. The number of benzene rings is 2. The smallest absolute Gasteiger partial charge is 0.240 e. The van der Waals surface area contributed by atoms with Crippen LogP contribution < -0.4 is 16.2 Å². The lowest BCUT2D eigenvalue weighted by Gasteiger charge is -2.19. The molecule has 0 aliphatic carbocycles. The summed E-state index contributed by atoms with van der Waals surface area (Å²) in [6, 6.07) is 15.7. The first-order valence-corrected chi connectivity index (χ1v) is 10.6. The summed E-state index contributed by atoms with van der Waals surface area (Å²) in [6.45, 7) is 5.91. The lowest BCUT2D eigenvalue weighted by Crippen LogP contribution is -2.31. The fourth-order valence-electron chi connectivity index (χ4n) is 3.87. The van der Waals surface area contributed by atoms with Crippen LogP contribution in [0.3, 0.4) is 0 Å². The van der Waals surface area contributed by atoms with Crippen molar-refractivity contribution in [2.45, 2.75) is 33.6 Å². The number of carbonyl (C=O) groups excluding carboxylic acids is 2. The van der Waals surface area contributed by atoms with Gasteiger partial charge in [-0.1, -0.05) is 38.1 Å².